The van der Waals surface area contributed by atoms with Crippen LogP contribution in [-0.4, -0.2) is 46.0 Å². The Kier molecular flexibility index (Phi) is 10.0. The number of nitrogens with two attached hydrogens (primary N) is 1. The quantitative estimate of drug-likeness (QED) is 0.499. The molecule has 0 saturated carbocycles. The van der Waals surface area contributed by atoms with Crippen molar-refractivity contribution in [3.63, 3.8) is 0 Å². The molecular formula is C26H37F3N4OS. The lowest BCUT2D eigenvalue weighted by molar-refractivity contribution is -0.143. The summed E-state index contributed by atoms with van der Waals surface area (Å²) in [7, 11) is 1.31. The van der Waals surface area contributed by atoms with E-state index in [1.807, 2.05) is 39.0 Å². The number of allylic oxidation sites excluding steroid dienone is 1. The number of hydrogen-bond donors (Lipinski definition) is 1. The Bertz CT molecular complexity index is 1030. The van der Waals surface area contributed by atoms with Crippen LogP contribution < -0.4 is 5.73 Å². The fourth-order valence-corrected chi connectivity index (χ4v) is 5.40. The van der Waals surface area contributed by atoms with Crippen LogP contribution in [0.15, 0.2) is 36.4 Å². The van der Waals surface area contributed by atoms with Gasteiger partial charge in [-0.1, -0.05) is 45.9 Å². The molecular weight excluding hydrogens is 473 g/mol. The molecule has 1 aromatic carbocycles. The van der Waals surface area contributed by atoms with Gasteiger partial charge in [0.2, 0.25) is 5.91 Å². The van der Waals surface area contributed by atoms with Gasteiger partial charge in [-0.2, -0.15) is 18.3 Å². The number of hydrogen-bond acceptors (Lipinski definition) is 4. The minimum Gasteiger partial charge on any atom is -0.366 e. The van der Waals surface area contributed by atoms with Gasteiger partial charge in [0.25, 0.3) is 0 Å². The molecule has 1 fully saturated rings. The molecule has 2 heterocycles. The zero-order chi connectivity index (χ0) is 26.4. The van der Waals surface area contributed by atoms with Gasteiger partial charge in [-0.05, 0) is 55.0 Å². The van der Waals surface area contributed by atoms with Crippen LogP contribution in [-0.2, 0) is 18.6 Å². The average Bonchev–Trinajstić information content (AvgIpc) is 3.22. The van der Waals surface area contributed by atoms with Gasteiger partial charge in [0, 0.05) is 36.4 Å². The molecule has 35 heavy (non-hydrogen) atoms. The molecule has 9 heteroatoms. The molecule has 194 valence electrons. The monoisotopic (exact) mass is 510 g/mol. The zero-order valence-corrected chi connectivity index (χ0v) is 22.3. The van der Waals surface area contributed by atoms with Crippen molar-refractivity contribution in [3.05, 3.63) is 58.9 Å². The normalized spacial score (nSPS) is 21.4. The fourth-order valence-electron chi connectivity index (χ4n) is 4.42. The maximum Gasteiger partial charge on any atom is 0.433 e. The van der Waals surface area contributed by atoms with Gasteiger partial charge in [0.1, 0.15) is 5.69 Å². The number of nitrogens with zero attached hydrogens (tertiary/aromatic N) is 3. The molecule has 2 N–H and O–H groups in total. The second-order valence-electron chi connectivity index (χ2n) is 8.85. The number of amides is 1. The van der Waals surface area contributed by atoms with Crippen LogP contribution in [0.4, 0.5) is 13.2 Å². The first-order chi connectivity index (χ1) is 16.5. The van der Waals surface area contributed by atoms with Crippen LogP contribution in [0.3, 0.4) is 0 Å². The Morgan fingerprint density at radius 1 is 1.31 bits per heavy atom. The van der Waals surface area contributed by atoms with E-state index in [4.69, 9.17) is 5.73 Å². The van der Waals surface area contributed by atoms with Gasteiger partial charge in [0.05, 0.1) is 5.69 Å². The lowest BCUT2D eigenvalue weighted by Crippen LogP contribution is -2.47. The molecule has 2 aromatic rings. The number of thioether (sulfide) groups is 1. The largest absolute Gasteiger partial charge is 0.433 e. The summed E-state index contributed by atoms with van der Waals surface area (Å²) in [5, 5.41) is 4.06. The van der Waals surface area contributed by atoms with Crippen LogP contribution in [0.5, 0.6) is 0 Å². The van der Waals surface area contributed by atoms with Crippen molar-refractivity contribution in [1.82, 2.24) is 14.7 Å². The van der Waals surface area contributed by atoms with E-state index < -0.39 is 17.8 Å². The summed E-state index contributed by atoms with van der Waals surface area (Å²) in [5.41, 5.74) is 6.68. The number of carbonyl (C=O) groups excluding carboxylic acids is 1. The molecule has 1 unspecified atom stereocenters. The predicted molar refractivity (Wildman–Crippen MR) is 138 cm³/mol. The highest BCUT2D eigenvalue weighted by molar-refractivity contribution is 8.08. The molecule has 3 rings (SSSR count). The molecule has 0 bridgehead atoms. The summed E-state index contributed by atoms with van der Waals surface area (Å²) >= 11 is 1.53. The predicted octanol–water partition coefficient (Wildman–Crippen LogP) is 5.96. The Morgan fingerprint density at radius 2 is 2.00 bits per heavy atom. The number of aromatic nitrogens is 2. The van der Waals surface area contributed by atoms with Crippen LogP contribution >= 0.6 is 11.8 Å². The first-order valence-corrected chi connectivity index (χ1v) is 13.0. The highest BCUT2D eigenvalue weighted by atomic mass is 32.2. The van der Waals surface area contributed by atoms with Gasteiger partial charge in [-0.25, -0.2) is 0 Å². The highest BCUT2D eigenvalue weighted by Gasteiger charge is 2.38. The van der Waals surface area contributed by atoms with Crippen molar-refractivity contribution < 1.29 is 18.0 Å². The third kappa shape index (κ3) is 6.91. The van der Waals surface area contributed by atoms with Crippen LogP contribution in [0.1, 0.15) is 68.3 Å². The van der Waals surface area contributed by atoms with E-state index in [9.17, 15) is 18.0 Å². The summed E-state index contributed by atoms with van der Waals surface area (Å²) in [5.74, 6) is 0.710. The number of halogens is 3. The van der Waals surface area contributed by atoms with E-state index in [1.165, 1.54) is 18.8 Å². The Labute approximate surface area is 210 Å². The van der Waals surface area contributed by atoms with Crippen molar-refractivity contribution in [1.29, 1.82) is 0 Å². The smallest absolute Gasteiger partial charge is 0.366 e. The van der Waals surface area contributed by atoms with E-state index in [0.29, 0.717) is 17.2 Å². The van der Waals surface area contributed by atoms with Crippen LogP contribution in [0, 0.1) is 5.92 Å². The van der Waals surface area contributed by atoms with E-state index in [-0.39, 0.29) is 5.41 Å². The molecule has 1 aliphatic rings. The standard InChI is InChI=1S/C24H31F3N4OS.C2H6/c1-5-20(19-14-21(24(25,26)27)30(4)29-19)33-12-11-31-10-9-23(3,16(2)15-31)18-8-6-7-17(13-18)22(28)32;1-2/h5-8,13-14,16H,9-12,15H2,1-4H3,(H2,28,32);1-2H3/b20-5-;/t16?,23-;/m1./s1. The Balaban J connectivity index is 0.00000210. The second kappa shape index (κ2) is 12.1. The molecule has 1 aliphatic heterocycles. The number of benzene rings is 1. The molecule has 0 spiro atoms. The molecule has 1 amide bonds. The SMILES string of the molecule is C/C=C(\SCCN1CC[C@@](C)(c2cccc(C(N)=O)c2)C(C)C1)c1cc(C(F)(F)F)n(C)n1.CC. The van der Waals surface area contributed by atoms with E-state index >= 15 is 0 Å². The summed E-state index contributed by atoms with van der Waals surface area (Å²) in [6.07, 6.45) is -1.65. The van der Waals surface area contributed by atoms with Crippen molar-refractivity contribution in [2.75, 3.05) is 25.4 Å². The van der Waals surface area contributed by atoms with Crippen LogP contribution in [0.25, 0.3) is 4.91 Å². The number of primary amides is 1. The van der Waals surface area contributed by atoms with E-state index in [1.54, 1.807) is 6.07 Å². The van der Waals surface area contributed by atoms with E-state index in [2.05, 4.69) is 29.9 Å². The molecule has 0 radical (unpaired) electrons. The fraction of sp³-hybridized carbons (Fsp3) is 0.538. The Morgan fingerprint density at radius 3 is 2.54 bits per heavy atom. The molecule has 5 nitrogen and oxygen atoms in total. The van der Waals surface area contributed by atoms with Crippen molar-refractivity contribution in [2.24, 2.45) is 18.7 Å². The zero-order valence-electron chi connectivity index (χ0n) is 21.4. The minimum absolute atomic E-state index is 0.0501. The number of likely N-dealkylation sites (tertiary alicyclic amines) is 1. The van der Waals surface area contributed by atoms with Gasteiger partial charge in [-0.3, -0.25) is 9.48 Å². The lowest BCUT2D eigenvalue weighted by Gasteiger charge is -2.45. The molecule has 2 atom stereocenters. The maximum atomic E-state index is 13.1. The summed E-state index contributed by atoms with van der Waals surface area (Å²) in [6.45, 7) is 12.9. The summed E-state index contributed by atoms with van der Waals surface area (Å²) in [4.78, 5) is 14.7. The highest BCUT2D eigenvalue weighted by Crippen LogP contribution is 2.40. The number of aryl methyl sites for hydroxylation is 1. The number of piperidine rings is 1. The van der Waals surface area contributed by atoms with Gasteiger partial charge >= 0.3 is 6.18 Å². The van der Waals surface area contributed by atoms with Crippen LogP contribution in [0.2, 0.25) is 0 Å². The topological polar surface area (TPSA) is 64.2 Å². The van der Waals surface area contributed by atoms with Crippen molar-refractivity contribution >= 4 is 22.6 Å². The third-order valence-corrected chi connectivity index (χ3v) is 7.87. The first-order valence-electron chi connectivity index (χ1n) is 12.0. The van der Waals surface area contributed by atoms with Gasteiger partial charge in [-0.15, -0.1) is 11.8 Å². The van der Waals surface area contributed by atoms with Gasteiger partial charge in [0.15, 0.2) is 0 Å². The Hall–Kier alpha value is -2.26. The second-order valence-corrected chi connectivity index (χ2v) is 9.99. The molecule has 0 aliphatic carbocycles. The minimum atomic E-state index is -4.42. The van der Waals surface area contributed by atoms with Crippen molar-refractivity contribution in [2.45, 2.75) is 52.6 Å². The molecule has 1 saturated heterocycles. The number of alkyl halides is 3. The number of carbonyl (C=O) groups is 1. The maximum absolute atomic E-state index is 13.1. The first kappa shape index (κ1) is 29.0. The third-order valence-electron chi connectivity index (χ3n) is 6.72. The lowest BCUT2D eigenvalue weighted by atomic mass is 9.68. The average molecular weight is 511 g/mol. The molecule has 1 aromatic heterocycles. The van der Waals surface area contributed by atoms with E-state index in [0.717, 1.165) is 53.0 Å². The van der Waals surface area contributed by atoms with Crippen molar-refractivity contribution in [3.8, 4) is 0 Å². The van der Waals surface area contributed by atoms with Gasteiger partial charge < -0.3 is 10.6 Å². The summed E-state index contributed by atoms with van der Waals surface area (Å²) < 4.78 is 40.2. The number of rotatable bonds is 7. The summed E-state index contributed by atoms with van der Waals surface area (Å²) in [6, 6.07) is 8.71.